The highest BCUT2D eigenvalue weighted by Crippen LogP contribution is 2.41. The van der Waals surface area contributed by atoms with E-state index in [0.29, 0.717) is 30.1 Å². The molecule has 1 unspecified atom stereocenters. The zero-order chi connectivity index (χ0) is 25.7. The Kier molecular flexibility index (Phi) is 9.00. The van der Waals surface area contributed by atoms with Crippen molar-refractivity contribution in [3.8, 4) is 11.5 Å². The molecular weight excluding hydrogens is 465 g/mol. The van der Waals surface area contributed by atoms with Gasteiger partial charge in [-0.2, -0.15) is 4.39 Å². The highest BCUT2D eigenvalue weighted by molar-refractivity contribution is 5.34. The Balaban J connectivity index is 1.28. The molecule has 196 valence electrons. The van der Waals surface area contributed by atoms with E-state index in [9.17, 15) is 18.3 Å². The lowest BCUT2D eigenvalue weighted by Crippen LogP contribution is -2.23. The molecule has 2 fully saturated rings. The van der Waals surface area contributed by atoms with Gasteiger partial charge in [0.25, 0.3) is 0 Å². The van der Waals surface area contributed by atoms with Gasteiger partial charge in [0, 0.05) is 6.07 Å². The second-order valence-corrected chi connectivity index (χ2v) is 10.4. The number of halogens is 3. The van der Waals surface area contributed by atoms with Crippen LogP contribution in [-0.4, -0.2) is 24.4 Å². The Morgan fingerprint density at radius 3 is 2.17 bits per heavy atom. The van der Waals surface area contributed by atoms with Crippen LogP contribution >= 0.6 is 0 Å². The predicted molar refractivity (Wildman–Crippen MR) is 135 cm³/mol. The lowest BCUT2D eigenvalue weighted by molar-refractivity contribution is 0.0963. The van der Waals surface area contributed by atoms with Crippen LogP contribution in [0.15, 0.2) is 43.0 Å². The molecule has 0 radical (unpaired) electrons. The van der Waals surface area contributed by atoms with Crippen LogP contribution in [0, 0.1) is 29.3 Å². The molecule has 6 heteroatoms. The van der Waals surface area contributed by atoms with Gasteiger partial charge in [0.1, 0.15) is 18.2 Å². The minimum atomic E-state index is -0.917. The van der Waals surface area contributed by atoms with Gasteiger partial charge in [0.15, 0.2) is 11.6 Å². The summed E-state index contributed by atoms with van der Waals surface area (Å²) in [6.45, 7) is 6.04. The van der Waals surface area contributed by atoms with E-state index in [1.165, 1.54) is 6.07 Å². The molecule has 0 amide bonds. The Labute approximate surface area is 212 Å². The normalized spacial score (nSPS) is 25.2. The summed E-state index contributed by atoms with van der Waals surface area (Å²) < 4.78 is 55.4. The lowest BCUT2D eigenvalue weighted by Gasteiger charge is -2.31. The van der Waals surface area contributed by atoms with Crippen molar-refractivity contribution in [1.29, 1.82) is 0 Å². The first-order valence-electron chi connectivity index (χ1n) is 13.2. The second-order valence-electron chi connectivity index (χ2n) is 10.4. The fraction of sp³-hybridized carbons (Fsp3) is 0.533. The molecule has 1 atom stereocenters. The number of ether oxygens (including phenoxy) is 2. The monoisotopic (exact) mass is 502 g/mol. The maximum Gasteiger partial charge on any atom is 0.200 e. The number of aliphatic hydroxyl groups is 1. The van der Waals surface area contributed by atoms with Crippen molar-refractivity contribution < 1.29 is 27.8 Å². The summed E-state index contributed by atoms with van der Waals surface area (Å²) in [6.07, 6.45) is 7.73. The van der Waals surface area contributed by atoms with E-state index in [2.05, 4.69) is 6.58 Å². The van der Waals surface area contributed by atoms with Gasteiger partial charge in [-0.3, -0.25) is 0 Å². The van der Waals surface area contributed by atoms with Gasteiger partial charge in [0.2, 0.25) is 5.82 Å². The van der Waals surface area contributed by atoms with Gasteiger partial charge in [-0.1, -0.05) is 24.8 Å². The molecule has 2 aromatic carbocycles. The SMILES string of the molecule is C=CCOc1ccc(C2CCC(COc3ccc(C4CCC(C(C)O)CC4)c(F)c3F)CC2)c(F)c1. The first-order valence-corrected chi connectivity index (χ1v) is 13.2. The fourth-order valence-corrected chi connectivity index (χ4v) is 5.82. The zero-order valence-corrected chi connectivity index (χ0v) is 21.0. The van der Waals surface area contributed by atoms with E-state index in [0.717, 1.165) is 51.4 Å². The van der Waals surface area contributed by atoms with Crippen LogP contribution in [0.2, 0.25) is 0 Å². The van der Waals surface area contributed by atoms with Crippen molar-refractivity contribution in [2.45, 2.75) is 76.2 Å². The molecule has 2 aromatic rings. The molecular formula is C30H37F3O3. The third-order valence-corrected chi connectivity index (χ3v) is 8.07. The molecule has 1 N–H and O–H groups in total. The number of hydrogen-bond donors (Lipinski definition) is 1. The van der Waals surface area contributed by atoms with E-state index in [4.69, 9.17) is 9.47 Å². The quantitative estimate of drug-likeness (QED) is 0.358. The first-order chi connectivity index (χ1) is 17.4. The van der Waals surface area contributed by atoms with Crippen molar-refractivity contribution in [1.82, 2.24) is 0 Å². The van der Waals surface area contributed by atoms with Crippen molar-refractivity contribution in [3.05, 3.63) is 71.6 Å². The third-order valence-electron chi connectivity index (χ3n) is 8.07. The summed E-state index contributed by atoms with van der Waals surface area (Å²) in [5, 5.41) is 9.78. The highest BCUT2D eigenvalue weighted by atomic mass is 19.2. The number of hydrogen-bond acceptors (Lipinski definition) is 3. The average molecular weight is 503 g/mol. The topological polar surface area (TPSA) is 38.7 Å². The molecule has 0 aliphatic heterocycles. The number of aliphatic hydroxyl groups excluding tert-OH is 1. The van der Waals surface area contributed by atoms with Crippen molar-refractivity contribution in [2.75, 3.05) is 13.2 Å². The van der Waals surface area contributed by atoms with Gasteiger partial charge in [-0.05, 0) is 105 Å². The van der Waals surface area contributed by atoms with E-state index in [-0.39, 0.29) is 41.3 Å². The van der Waals surface area contributed by atoms with Crippen LogP contribution in [-0.2, 0) is 0 Å². The third kappa shape index (κ3) is 6.26. The van der Waals surface area contributed by atoms with Crippen LogP contribution in [0.5, 0.6) is 11.5 Å². The summed E-state index contributed by atoms with van der Waals surface area (Å²) >= 11 is 0. The van der Waals surface area contributed by atoms with E-state index >= 15 is 0 Å². The minimum Gasteiger partial charge on any atom is -0.490 e. The molecule has 0 aromatic heterocycles. The van der Waals surface area contributed by atoms with Gasteiger partial charge in [-0.15, -0.1) is 0 Å². The molecule has 0 spiro atoms. The standard InChI is InChI=1S/C30H37F3O3/c1-3-16-35-24-12-13-25(27(31)17-24)22-6-4-20(5-7-22)18-36-28-15-14-26(29(32)30(28)33)23-10-8-21(9-11-23)19(2)34/h3,12-15,17,19-23,34H,1,4-11,16,18H2,2H3. The fourth-order valence-electron chi connectivity index (χ4n) is 5.82. The van der Waals surface area contributed by atoms with Gasteiger partial charge >= 0.3 is 0 Å². The molecule has 0 heterocycles. The Morgan fingerprint density at radius 1 is 0.889 bits per heavy atom. The largest absolute Gasteiger partial charge is 0.490 e. The second kappa shape index (κ2) is 12.2. The van der Waals surface area contributed by atoms with Gasteiger partial charge in [-0.25, -0.2) is 8.78 Å². The summed E-state index contributed by atoms with van der Waals surface area (Å²) in [4.78, 5) is 0. The number of benzene rings is 2. The maximum absolute atomic E-state index is 14.9. The molecule has 2 saturated carbocycles. The Morgan fingerprint density at radius 2 is 1.53 bits per heavy atom. The van der Waals surface area contributed by atoms with Crippen LogP contribution in [0.1, 0.15) is 81.3 Å². The van der Waals surface area contributed by atoms with Crippen molar-refractivity contribution in [3.63, 3.8) is 0 Å². The smallest absolute Gasteiger partial charge is 0.200 e. The average Bonchev–Trinajstić information content (AvgIpc) is 2.89. The summed E-state index contributed by atoms with van der Waals surface area (Å²) in [5.41, 5.74) is 1.11. The molecule has 4 rings (SSSR count). The lowest BCUT2D eigenvalue weighted by atomic mass is 9.77. The number of rotatable bonds is 9. The molecule has 0 saturated heterocycles. The van der Waals surface area contributed by atoms with E-state index < -0.39 is 11.6 Å². The maximum atomic E-state index is 14.9. The van der Waals surface area contributed by atoms with Crippen LogP contribution in [0.3, 0.4) is 0 Å². The molecule has 2 aliphatic carbocycles. The zero-order valence-electron chi connectivity index (χ0n) is 21.0. The van der Waals surface area contributed by atoms with Gasteiger partial charge < -0.3 is 14.6 Å². The van der Waals surface area contributed by atoms with Crippen LogP contribution < -0.4 is 9.47 Å². The molecule has 36 heavy (non-hydrogen) atoms. The van der Waals surface area contributed by atoms with Crippen LogP contribution in [0.25, 0.3) is 0 Å². The van der Waals surface area contributed by atoms with Crippen molar-refractivity contribution in [2.24, 2.45) is 11.8 Å². The minimum absolute atomic E-state index is 0.0261. The predicted octanol–water partition coefficient (Wildman–Crippen LogP) is 7.68. The Bertz CT molecular complexity index is 1020. The van der Waals surface area contributed by atoms with Crippen LogP contribution in [0.4, 0.5) is 13.2 Å². The van der Waals surface area contributed by atoms with E-state index in [1.807, 2.05) is 0 Å². The summed E-state index contributed by atoms with van der Waals surface area (Å²) in [7, 11) is 0. The molecule has 2 aliphatic rings. The summed E-state index contributed by atoms with van der Waals surface area (Å²) in [5.74, 6) is -0.978. The summed E-state index contributed by atoms with van der Waals surface area (Å²) in [6, 6.07) is 8.21. The molecule has 0 bridgehead atoms. The van der Waals surface area contributed by atoms with E-state index in [1.54, 1.807) is 37.3 Å². The van der Waals surface area contributed by atoms with Crippen molar-refractivity contribution >= 4 is 0 Å². The van der Waals surface area contributed by atoms with Gasteiger partial charge in [0.05, 0.1) is 12.7 Å². The highest BCUT2D eigenvalue weighted by Gasteiger charge is 2.29. The Hall–Kier alpha value is -2.47. The first kappa shape index (κ1) is 26.6. The molecule has 3 nitrogen and oxygen atoms in total.